The van der Waals surface area contributed by atoms with Gasteiger partial charge in [-0.1, -0.05) is 37.6 Å². The van der Waals surface area contributed by atoms with Crippen LogP contribution in [0.15, 0.2) is 24.3 Å². The number of hydrogen-bond donors (Lipinski definition) is 1. The zero-order chi connectivity index (χ0) is 13.0. The standard InChI is InChI=1S/C13H16N4O/c1-3-4-9-5-7-10(8-6-9)11-15-12(14)17-13(16-11)18-2/h5-8H,3-4H2,1-2H3,(H2,14,15,16,17). The van der Waals surface area contributed by atoms with Gasteiger partial charge in [0.15, 0.2) is 5.82 Å². The van der Waals surface area contributed by atoms with Crippen molar-refractivity contribution < 1.29 is 4.74 Å². The third-order valence-corrected chi connectivity index (χ3v) is 2.57. The Morgan fingerprint density at radius 3 is 2.44 bits per heavy atom. The number of anilines is 1. The minimum Gasteiger partial charge on any atom is -0.467 e. The van der Waals surface area contributed by atoms with Crippen LogP contribution in [-0.4, -0.2) is 22.1 Å². The summed E-state index contributed by atoms with van der Waals surface area (Å²) in [6.45, 7) is 2.16. The minimum atomic E-state index is 0.162. The van der Waals surface area contributed by atoms with E-state index in [1.54, 1.807) is 0 Å². The Hall–Kier alpha value is -2.17. The molecule has 94 valence electrons. The van der Waals surface area contributed by atoms with Gasteiger partial charge in [0.1, 0.15) is 0 Å². The fourth-order valence-corrected chi connectivity index (χ4v) is 1.70. The van der Waals surface area contributed by atoms with Gasteiger partial charge in [0, 0.05) is 5.56 Å². The van der Waals surface area contributed by atoms with Crippen LogP contribution < -0.4 is 10.5 Å². The van der Waals surface area contributed by atoms with Crippen LogP contribution in [0.2, 0.25) is 0 Å². The summed E-state index contributed by atoms with van der Waals surface area (Å²) in [6, 6.07) is 8.35. The molecule has 1 aromatic carbocycles. The van der Waals surface area contributed by atoms with E-state index in [4.69, 9.17) is 10.5 Å². The maximum atomic E-state index is 5.61. The Labute approximate surface area is 106 Å². The molecule has 0 aliphatic rings. The second-order valence-electron chi connectivity index (χ2n) is 3.95. The van der Waals surface area contributed by atoms with Crippen LogP contribution in [0, 0.1) is 0 Å². The maximum Gasteiger partial charge on any atom is 0.321 e. The van der Waals surface area contributed by atoms with Crippen molar-refractivity contribution in [3.63, 3.8) is 0 Å². The number of aryl methyl sites for hydroxylation is 1. The van der Waals surface area contributed by atoms with Gasteiger partial charge >= 0.3 is 6.01 Å². The van der Waals surface area contributed by atoms with Gasteiger partial charge in [-0.25, -0.2) is 0 Å². The minimum absolute atomic E-state index is 0.162. The molecule has 5 nitrogen and oxygen atoms in total. The molecule has 2 aromatic rings. The first-order valence-corrected chi connectivity index (χ1v) is 5.87. The summed E-state index contributed by atoms with van der Waals surface area (Å²) in [6.07, 6.45) is 2.20. The van der Waals surface area contributed by atoms with Gasteiger partial charge in [-0.05, 0) is 12.0 Å². The first-order valence-electron chi connectivity index (χ1n) is 5.87. The van der Waals surface area contributed by atoms with Gasteiger partial charge in [0.2, 0.25) is 5.95 Å². The van der Waals surface area contributed by atoms with Crippen molar-refractivity contribution in [1.82, 2.24) is 15.0 Å². The molecule has 18 heavy (non-hydrogen) atoms. The van der Waals surface area contributed by atoms with E-state index in [-0.39, 0.29) is 12.0 Å². The fraction of sp³-hybridized carbons (Fsp3) is 0.308. The molecule has 0 atom stereocenters. The predicted molar refractivity (Wildman–Crippen MR) is 70.2 cm³/mol. The summed E-state index contributed by atoms with van der Waals surface area (Å²) in [5.74, 6) is 0.692. The molecule has 0 unspecified atom stereocenters. The summed E-state index contributed by atoms with van der Waals surface area (Å²) in [5, 5.41) is 0. The van der Waals surface area contributed by atoms with Crippen LogP contribution in [0.4, 0.5) is 5.95 Å². The number of ether oxygens (including phenoxy) is 1. The second-order valence-corrected chi connectivity index (χ2v) is 3.95. The second kappa shape index (κ2) is 5.44. The number of methoxy groups -OCH3 is 1. The lowest BCUT2D eigenvalue weighted by atomic mass is 10.1. The van der Waals surface area contributed by atoms with E-state index in [2.05, 4.69) is 34.0 Å². The lowest BCUT2D eigenvalue weighted by Gasteiger charge is -2.04. The van der Waals surface area contributed by atoms with E-state index >= 15 is 0 Å². The van der Waals surface area contributed by atoms with Crippen molar-refractivity contribution >= 4 is 5.95 Å². The van der Waals surface area contributed by atoms with Crippen LogP contribution in [0.1, 0.15) is 18.9 Å². The molecule has 1 heterocycles. The van der Waals surface area contributed by atoms with Gasteiger partial charge in [0.05, 0.1) is 7.11 Å². The number of nitrogens with zero attached hydrogens (tertiary/aromatic N) is 3. The predicted octanol–water partition coefficient (Wildman–Crippen LogP) is 2.08. The third-order valence-electron chi connectivity index (χ3n) is 2.57. The number of nitrogen functional groups attached to an aromatic ring is 1. The largest absolute Gasteiger partial charge is 0.467 e. The van der Waals surface area contributed by atoms with Crippen LogP contribution in [-0.2, 0) is 6.42 Å². The topological polar surface area (TPSA) is 73.9 Å². The quantitative estimate of drug-likeness (QED) is 0.891. The summed E-state index contributed by atoms with van der Waals surface area (Å²) in [4.78, 5) is 12.1. The van der Waals surface area contributed by atoms with E-state index in [9.17, 15) is 0 Å². The summed E-state index contributed by atoms with van der Waals surface area (Å²) in [7, 11) is 1.50. The van der Waals surface area contributed by atoms with E-state index in [1.165, 1.54) is 12.7 Å². The van der Waals surface area contributed by atoms with Gasteiger partial charge in [-0.3, -0.25) is 0 Å². The molecular weight excluding hydrogens is 228 g/mol. The summed E-state index contributed by atoms with van der Waals surface area (Å²) >= 11 is 0. The normalized spacial score (nSPS) is 10.3. The molecule has 0 aliphatic carbocycles. The van der Waals surface area contributed by atoms with Gasteiger partial charge in [-0.15, -0.1) is 0 Å². The lowest BCUT2D eigenvalue weighted by Crippen LogP contribution is -2.02. The highest BCUT2D eigenvalue weighted by Crippen LogP contribution is 2.18. The number of aromatic nitrogens is 3. The first-order chi connectivity index (χ1) is 8.72. The monoisotopic (exact) mass is 244 g/mol. The highest BCUT2D eigenvalue weighted by atomic mass is 16.5. The van der Waals surface area contributed by atoms with E-state index in [0.717, 1.165) is 18.4 Å². The van der Waals surface area contributed by atoms with Gasteiger partial charge in [0.25, 0.3) is 0 Å². The van der Waals surface area contributed by atoms with Crippen molar-refractivity contribution in [2.24, 2.45) is 0 Å². The Morgan fingerprint density at radius 1 is 1.11 bits per heavy atom. The number of benzene rings is 1. The average molecular weight is 244 g/mol. The molecule has 0 fully saturated rings. The zero-order valence-corrected chi connectivity index (χ0v) is 10.6. The SMILES string of the molecule is CCCc1ccc(-c2nc(N)nc(OC)n2)cc1. The summed E-state index contributed by atoms with van der Waals surface area (Å²) in [5.41, 5.74) is 7.81. The molecule has 0 saturated carbocycles. The molecule has 0 radical (unpaired) electrons. The smallest absolute Gasteiger partial charge is 0.321 e. The number of hydrogen-bond acceptors (Lipinski definition) is 5. The highest BCUT2D eigenvalue weighted by Gasteiger charge is 2.06. The van der Waals surface area contributed by atoms with E-state index in [1.807, 2.05) is 12.1 Å². The number of nitrogens with two attached hydrogens (primary N) is 1. The first kappa shape index (κ1) is 12.3. The molecule has 0 saturated heterocycles. The van der Waals surface area contributed by atoms with Crippen molar-refractivity contribution in [3.05, 3.63) is 29.8 Å². The van der Waals surface area contributed by atoms with Crippen molar-refractivity contribution in [1.29, 1.82) is 0 Å². The van der Waals surface area contributed by atoms with Gasteiger partial charge in [-0.2, -0.15) is 15.0 Å². The maximum absolute atomic E-state index is 5.61. The molecule has 1 aromatic heterocycles. The zero-order valence-electron chi connectivity index (χ0n) is 10.6. The van der Waals surface area contributed by atoms with Gasteiger partial charge < -0.3 is 10.5 Å². The molecular formula is C13H16N4O. The molecule has 0 amide bonds. The Morgan fingerprint density at radius 2 is 1.83 bits per heavy atom. The van der Waals surface area contributed by atoms with Crippen molar-refractivity contribution in [2.75, 3.05) is 12.8 Å². The van der Waals surface area contributed by atoms with Crippen LogP contribution >= 0.6 is 0 Å². The molecule has 0 spiro atoms. The van der Waals surface area contributed by atoms with Crippen LogP contribution in [0.5, 0.6) is 6.01 Å². The lowest BCUT2D eigenvalue weighted by molar-refractivity contribution is 0.379. The third kappa shape index (κ3) is 2.74. The molecule has 5 heteroatoms. The Balaban J connectivity index is 2.33. The van der Waals surface area contributed by atoms with E-state index in [0.29, 0.717) is 5.82 Å². The Kier molecular flexibility index (Phi) is 3.72. The van der Waals surface area contributed by atoms with Crippen molar-refractivity contribution in [2.45, 2.75) is 19.8 Å². The molecule has 2 N–H and O–H groups in total. The Bertz CT molecular complexity index is 525. The fourth-order valence-electron chi connectivity index (χ4n) is 1.70. The number of rotatable bonds is 4. The van der Waals surface area contributed by atoms with E-state index < -0.39 is 0 Å². The summed E-state index contributed by atoms with van der Waals surface area (Å²) < 4.78 is 4.98. The highest BCUT2D eigenvalue weighted by molar-refractivity contribution is 5.56. The van der Waals surface area contributed by atoms with Crippen LogP contribution in [0.3, 0.4) is 0 Å². The molecule has 0 bridgehead atoms. The van der Waals surface area contributed by atoms with Crippen molar-refractivity contribution in [3.8, 4) is 17.4 Å². The average Bonchev–Trinajstić information content (AvgIpc) is 2.39. The molecule has 2 rings (SSSR count). The van der Waals surface area contributed by atoms with Crippen LogP contribution in [0.25, 0.3) is 11.4 Å². The molecule has 0 aliphatic heterocycles.